The molecular formula is C28H25N4Sb. The zero-order chi connectivity index (χ0) is 22.6. The van der Waals surface area contributed by atoms with E-state index in [0.717, 1.165) is 11.4 Å². The van der Waals surface area contributed by atoms with Gasteiger partial charge in [-0.05, 0) is 0 Å². The molecule has 0 unspecified atom stereocenters. The number of pyridine rings is 1. The van der Waals surface area contributed by atoms with E-state index in [-0.39, 0.29) is 0 Å². The Hall–Kier alpha value is -3.23. The number of hydrogen-bond acceptors (Lipinski definition) is 3. The van der Waals surface area contributed by atoms with Crippen molar-refractivity contribution in [2.75, 3.05) is 0 Å². The van der Waals surface area contributed by atoms with Crippen LogP contribution in [-0.4, -0.2) is 40.2 Å². The van der Waals surface area contributed by atoms with Gasteiger partial charge in [-0.3, -0.25) is 0 Å². The van der Waals surface area contributed by atoms with E-state index < -0.39 is 20.2 Å². The van der Waals surface area contributed by atoms with Gasteiger partial charge < -0.3 is 0 Å². The first-order valence-electron chi connectivity index (χ1n) is 11.0. The molecule has 0 fully saturated rings. The predicted octanol–water partition coefficient (Wildman–Crippen LogP) is 3.52. The summed E-state index contributed by atoms with van der Waals surface area (Å²) in [5.74, 6) is 0. The third-order valence-corrected chi connectivity index (χ3v) is 12.7. The Labute approximate surface area is 201 Å². The van der Waals surface area contributed by atoms with Gasteiger partial charge >= 0.3 is 203 Å². The van der Waals surface area contributed by atoms with Crippen molar-refractivity contribution in [1.82, 2.24) is 20.0 Å². The Morgan fingerprint density at radius 2 is 1.30 bits per heavy atom. The van der Waals surface area contributed by atoms with Crippen LogP contribution in [0.25, 0.3) is 11.4 Å². The SMILES string of the molecule is Cc1cc[c]([Sb]([c]2ccc(C)cc2)[c]2c(-c3ccccn3)nnn2Cc2ccccc2)cc1. The molecule has 0 aliphatic carbocycles. The Balaban J connectivity index is 1.73. The minimum atomic E-state index is -2.49. The first-order chi connectivity index (χ1) is 16.2. The van der Waals surface area contributed by atoms with E-state index in [1.807, 2.05) is 30.5 Å². The third kappa shape index (κ3) is 4.77. The van der Waals surface area contributed by atoms with Crippen LogP contribution in [0.3, 0.4) is 0 Å². The van der Waals surface area contributed by atoms with Crippen LogP contribution in [0.1, 0.15) is 16.7 Å². The number of rotatable bonds is 6. The zero-order valence-corrected chi connectivity index (χ0v) is 21.3. The van der Waals surface area contributed by atoms with Crippen molar-refractivity contribution < 1.29 is 0 Å². The Morgan fingerprint density at radius 1 is 0.697 bits per heavy atom. The second-order valence-corrected chi connectivity index (χ2v) is 14.2. The van der Waals surface area contributed by atoms with Crippen LogP contribution in [0.5, 0.6) is 0 Å². The van der Waals surface area contributed by atoms with Crippen LogP contribution in [0.2, 0.25) is 0 Å². The van der Waals surface area contributed by atoms with Gasteiger partial charge in [0.25, 0.3) is 0 Å². The van der Waals surface area contributed by atoms with Gasteiger partial charge in [0.1, 0.15) is 0 Å². The zero-order valence-electron chi connectivity index (χ0n) is 18.8. The molecule has 5 rings (SSSR count). The molecule has 2 heterocycles. The third-order valence-electron chi connectivity index (χ3n) is 5.59. The van der Waals surface area contributed by atoms with E-state index in [4.69, 9.17) is 0 Å². The van der Waals surface area contributed by atoms with Gasteiger partial charge in [0.15, 0.2) is 0 Å². The molecule has 0 amide bonds. The quantitative estimate of drug-likeness (QED) is 0.311. The van der Waals surface area contributed by atoms with Crippen LogP contribution in [-0.2, 0) is 6.54 Å². The maximum atomic E-state index is 4.69. The topological polar surface area (TPSA) is 43.6 Å². The van der Waals surface area contributed by atoms with E-state index in [9.17, 15) is 0 Å². The molecule has 162 valence electrons. The first-order valence-corrected chi connectivity index (χ1v) is 14.8. The van der Waals surface area contributed by atoms with Crippen LogP contribution < -0.4 is 10.7 Å². The second kappa shape index (κ2) is 9.72. The summed E-state index contributed by atoms with van der Waals surface area (Å²) in [5, 5.41) is 9.35. The molecule has 0 N–H and O–H groups in total. The summed E-state index contributed by atoms with van der Waals surface area (Å²) in [4.78, 5) is 4.64. The summed E-state index contributed by atoms with van der Waals surface area (Å²) < 4.78 is 6.12. The van der Waals surface area contributed by atoms with Gasteiger partial charge in [0.05, 0.1) is 0 Å². The molecule has 0 bridgehead atoms. The average Bonchev–Trinajstić information content (AvgIpc) is 3.26. The van der Waals surface area contributed by atoms with Gasteiger partial charge in [-0.15, -0.1) is 0 Å². The molecule has 0 saturated carbocycles. The van der Waals surface area contributed by atoms with Gasteiger partial charge in [-0.25, -0.2) is 0 Å². The van der Waals surface area contributed by atoms with Crippen LogP contribution >= 0.6 is 0 Å². The molecule has 0 radical (unpaired) electrons. The summed E-state index contributed by atoms with van der Waals surface area (Å²) >= 11 is -2.49. The second-order valence-electron chi connectivity index (χ2n) is 8.13. The summed E-state index contributed by atoms with van der Waals surface area (Å²) in [6, 6.07) is 34.5. The van der Waals surface area contributed by atoms with Crippen molar-refractivity contribution in [3.05, 3.63) is 120 Å². The Bertz CT molecular complexity index is 1280. The summed E-state index contributed by atoms with van der Waals surface area (Å²) in [6.07, 6.45) is 1.83. The molecule has 0 saturated heterocycles. The summed E-state index contributed by atoms with van der Waals surface area (Å²) in [6.45, 7) is 4.96. The fourth-order valence-electron chi connectivity index (χ4n) is 3.84. The molecule has 0 atom stereocenters. The molecule has 3 aromatic carbocycles. The number of benzene rings is 3. The summed E-state index contributed by atoms with van der Waals surface area (Å²) in [5.41, 5.74) is 5.52. The van der Waals surface area contributed by atoms with Gasteiger partial charge in [-0.2, -0.15) is 0 Å². The number of aryl methyl sites for hydroxylation is 2. The Morgan fingerprint density at radius 3 is 1.88 bits per heavy atom. The molecule has 0 aliphatic heterocycles. The fraction of sp³-hybridized carbons (Fsp3) is 0.107. The number of nitrogens with zero attached hydrogens (tertiary/aromatic N) is 4. The van der Waals surface area contributed by atoms with E-state index in [1.54, 1.807) is 0 Å². The molecule has 5 heteroatoms. The molecule has 4 nitrogen and oxygen atoms in total. The van der Waals surface area contributed by atoms with Gasteiger partial charge in [-0.1, -0.05) is 0 Å². The van der Waals surface area contributed by atoms with Gasteiger partial charge in [0.2, 0.25) is 0 Å². The number of aromatic nitrogens is 4. The monoisotopic (exact) mass is 538 g/mol. The molecule has 0 spiro atoms. The predicted molar refractivity (Wildman–Crippen MR) is 136 cm³/mol. The normalized spacial score (nSPS) is 11.1. The van der Waals surface area contributed by atoms with E-state index in [2.05, 4.69) is 107 Å². The molecular weight excluding hydrogens is 514 g/mol. The average molecular weight is 539 g/mol. The van der Waals surface area contributed by atoms with Crippen molar-refractivity contribution in [1.29, 1.82) is 0 Å². The molecule has 33 heavy (non-hydrogen) atoms. The summed E-state index contributed by atoms with van der Waals surface area (Å²) in [7, 11) is 0. The van der Waals surface area contributed by atoms with Crippen molar-refractivity contribution in [3.8, 4) is 11.4 Å². The van der Waals surface area contributed by atoms with Crippen molar-refractivity contribution in [2.24, 2.45) is 0 Å². The Kier molecular flexibility index (Phi) is 6.36. The van der Waals surface area contributed by atoms with E-state index in [0.29, 0.717) is 6.54 Å². The van der Waals surface area contributed by atoms with E-state index >= 15 is 0 Å². The van der Waals surface area contributed by atoms with Crippen molar-refractivity contribution >= 4 is 30.9 Å². The minimum absolute atomic E-state index is 0.689. The first kappa shape index (κ1) is 21.6. The van der Waals surface area contributed by atoms with Crippen molar-refractivity contribution in [2.45, 2.75) is 20.4 Å². The molecule has 0 aliphatic rings. The van der Waals surface area contributed by atoms with E-state index in [1.165, 1.54) is 27.4 Å². The standard InChI is InChI=1S/C14H11N4.2C7H7.Sb/c1-2-6-12(7-3-1)10-18-11-14(16-17-18)13-8-4-5-9-15-13;2*1-7-5-3-2-4-6-7;/h1-9H,10H2;2*3-6H,1H3;. The van der Waals surface area contributed by atoms with Crippen LogP contribution in [0, 0.1) is 13.8 Å². The van der Waals surface area contributed by atoms with Crippen LogP contribution in [0.4, 0.5) is 0 Å². The van der Waals surface area contributed by atoms with Gasteiger partial charge in [0, 0.05) is 0 Å². The molecule has 5 aromatic rings. The maximum absolute atomic E-state index is 4.69. The van der Waals surface area contributed by atoms with Crippen molar-refractivity contribution in [3.63, 3.8) is 0 Å². The fourth-order valence-corrected chi connectivity index (χ4v) is 10.7. The number of hydrogen-bond donors (Lipinski definition) is 0. The molecule has 2 aromatic heterocycles. The van der Waals surface area contributed by atoms with Crippen LogP contribution in [0.15, 0.2) is 103 Å².